The second kappa shape index (κ2) is 9.16. The van der Waals surface area contributed by atoms with Gasteiger partial charge in [-0.05, 0) is 38.3 Å². The minimum Gasteiger partial charge on any atom is -0.356 e. The van der Waals surface area contributed by atoms with Crippen LogP contribution in [0.2, 0.25) is 5.02 Å². The Kier molecular flexibility index (Phi) is 6.37. The highest BCUT2D eigenvalue weighted by Crippen LogP contribution is 2.23. The summed E-state index contributed by atoms with van der Waals surface area (Å²) in [5.41, 5.74) is 1.22. The van der Waals surface area contributed by atoms with Crippen molar-refractivity contribution in [1.29, 1.82) is 0 Å². The molecule has 0 unspecified atom stereocenters. The number of halogens is 2. The van der Waals surface area contributed by atoms with Crippen LogP contribution in [0.25, 0.3) is 0 Å². The molecule has 1 aromatic carbocycles. The number of hydrogen-bond donors (Lipinski definition) is 0. The van der Waals surface area contributed by atoms with E-state index in [0.29, 0.717) is 31.2 Å². The molecule has 2 aromatic rings. The van der Waals surface area contributed by atoms with Gasteiger partial charge in [0, 0.05) is 61.6 Å². The summed E-state index contributed by atoms with van der Waals surface area (Å²) in [5, 5.41) is 0.292. The normalized spacial score (nSPS) is 17.4. The first-order valence-corrected chi connectivity index (χ1v) is 11.0. The Morgan fingerprint density at radius 3 is 2.47 bits per heavy atom. The van der Waals surface area contributed by atoms with E-state index in [0.717, 1.165) is 30.5 Å². The lowest BCUT2D eigenvalue weighted by Crippen LogP contribution is -2.49. The molecule has 160 valence electrons. The van der Waals surface area contributed by atoms with E-state index in [9.17, 15) is 9.18 Å². The lowest BCUT2D eigenvalue weighted by atomic mass is 10.1. The van der Waals surface area contributed by atoms with Gasteiger partial charge in [-0.25, -0.2) is 9.37 Å². The zero-order valence-corrected chi connectivity index (χ0v) is 18.0. The molecule has 0 atom stereocenters. The Morgan fingerprint density at radius 1 is 1.03 bits per heavy atom. The van der Waals surface area contributed by atoms with Gasteiger partial charge in [-0.1, -0.05) is 17.7 Å². The number of rotatable bonds is 4. The molecule has 0 bridgehead atoms. The van der Waals surface area contributed by atoms with Gasteiger partial charge >= 0.3 is 0 Å². The molecular weight excluding hydrogens is 405 g/mol. The van der Waals surface area contributed by atoms with E-state index < -0.39 is 5.82 Å². The Hall–Kier alpha value is -2.41. The smallest absolute Gasteiger partial charge is 0.227 e. The molecule has 2 aliphatic heterocycles. The van der Waals surface area contributed by atoms with Gasteiger partial charge < -0.3 is 14.7 Å². The number of nitrogens with zero attached hydrogens (tertiary/aromatic N) is 5. The van der Waals surface area contributed by atoms with Crippen molar-refractivity contribution in [3.8, 4) is 0 Å². The van der Waals surface area contributed by atoms with Crippen LogP contribution in [0.15, 0.2) is 24.3 Å². The topological polar surface area (TPSA) is 52.6 Å². The van der Waals surface area contributed by atoms with Crippen LogP contribution in [0.3, 0.4) is 0 Å². The third-order valence-electron chi connectivity index (χ3n) is 5.81. The summed E-state index contributed by atoms with van der Waals surface area (Å²) in [6.45, 7) is 6.49. The summed E-state index contributed by atoms with van der Waals surface area (Å²) >= 11 is 6.07. The van der Waals surface area contributed by atoms with Crippen molar-refractivity contribution < 1.29 is 9.18 Å². The zero-order chi connectivity index (χ0) is 21.1. The summed E-state index contributed by atoms with van der Waals surface area (Å²) < 4.78 is 14.0. The fourth-order valence-corrected chi connectivity index (χ4v) is 4.31. The number of carbonyl (C=O) groups excluding carboxylic acids is 1. The Balaban J connectivity index is 1.39. The summed E-state index contributed by atoms with van der Waals surface area (Å²) in [6.07, 6.45) is 3.66. The minimum absolute atomic E-state index is 0.0223. The molecule has 6 nitrogen and oxygen atoms in total. The van der Waals surface area contributed by atoms with E-state index >= 15 is 0 Å². The number of piperazine rings is 1. The second-order valence-corrected chi connectivity index (χ2v) is 8.37. The molecule has 3 heterocycles. The predicted molar refractivity (Wildman–Crippen MR) is 117 cm³/mol. The van der Waals surface area contributed by atoms with E-state index in [1.165, 1.54) is 25.3 Å². The van der Waals surface area contributed by atoms with Gasteiger partial charge in [0.1, 0.15) is 11.6 Å². The molecule has 2 saturated heterocycles. The van der Waals surface area contributed by atoms with E-state index in [-0.39, 0.29) is 17.9 Å². The average molecular weight is 432 g/mol. The van der Waals surface area contributed by atoms with E-state index in [1.54, 1.807) is 17.0 Å². The molecule has 1 aromatic heterocycles. The van der Waals surface area contributed by atoms with Gasteiger partial charge in [0.15, 0.2) is 0 Å². The third kappa shape index (κ3) is 4.67. The number of aromatic nitrogens is 2. The van der Waals surface area contributed by atoms with Gasteiger partial charge in [-0.15, -0.1) is 0 Å². The molecule has 0 N–H and O–H groups in total. The monoisotopic (exact) mass is 431 g/mol. The first-order valence-electron chi connectivity index (χ1n) is 10.6. The molecule has 0 saturated carbocycles. The Labute approximate surface area is 181 Å². The van der Waals surface area contributed by atoms with Crippen LogP contribution in [0.4, 0.5) is 16.2 Å². The summed E-state index contributed by atoms with van der Waals surface area (Å²) in [6, 6.07) is 6.54. The molecule has 2 aliphatic rings. The SMILES string of the molecule is Cc1cc(N2CCCCC2)nc(N2CCN(C(=O)Cc3c(F)cccc3Cl)CC2)n1. The fourth-order valence-electron chi connectivity index (χ4n) is 4.08. The van der Waals surface area contributed by atoms with Gasteiger partial charge in [0.25, 0.3) is 0 Å². The van der Waals surface area contributed by atoms with Crippen LogP contribution in [0, 0.1) is 12.7 Å². The molecule has 1 amide bonds. The minimum atomic E-state index is -0.437. The molecule has 30 heavy (non-hydrogen) atoms. The second-order valence-electron chi connectivity index (χ2n) is 7.96. The third-order valence-corrected chi connectivity index (χ3v) is 6.17. The maximum Gasteiger partial charge on any atom is 0.227 e. The molecular formula is C22H27ClFN5O. The van der Waals surface area contributed by atoms with Crippen molar-refractivity contribution in [2.24, 2.45) is 0 Å². The fraction of sp³-hybridized carbons (Fsp3) is 0.500. The summed E-state index contributed by atoms with van der Waals surface area (Å²) in [4.78, 5) is 28.3. The molecule has 0 spiro atoms. The lowest BCUT2D eigenvalue weighted by Gasteiger charge is -2.35. The van der Waals surface area contributed by atoms with Crippen LogP contribution in [0.5, 0.6) is 0 Å². The zero-order valence-electron chi connectivity index (χ0n) is 17.3. The van der Waals surface area contributed by atoms with E-state index in [4.69, 9.17) is 16.6 Å². The molecule has 8 heteroatoms. The van der Waals surface area contributed by atoms with Crippen LogP contribution >= 0.6 is 11.6 Å². The highest BCUT2D eigenvalue weighted by molar-refractivity contribution is 6.31. The maximum atomic E-state index is 14.0. The standard InChI is InChI=1S/C22H27ClFN5O/c1-16-14-20(27-8-3-2-4-9-27)26-22(25-16)29-12-10-28(11-13-29)21(30)15-17-18(23)6-5-7-19(17)24/h5-7,14H,2-4,8-13,15H2,1H3. The molecule has 2 fully saturated rings. The van der Waals surface area contributed by atoms with E-state index in [1.807, 2.05) is 13.0 Å². The van der Waals surface area contributed by atoms with Crippen molar-refractivity contribution >= 4 is 29.3 Å². The number of benzene rings is 1. The van der Waals surface area contributed by atoms with Gasteiger partial charge in [-0.3, -0.25) is 4.79 Å². The van der Waals surface area contributed by atoms with Crippen molar-refractivity contribution in [1.82, 2.24) is 14.9 Å². The van der Waals surface area contributed by atoms with Crippen LogP contribution in [0.1, 0.15) is 30.5 Å². The molecule has 0 aliphatic carbocycles. The largest absolute Gasteiger partial charge is 0.356 e. The maximum absolute atomic E-state index is 14.0. The quantitative estimate of drug-likeness (QED) is 0.742. The van der Waals surface area contributed by atoms with Crippen LogP contribution in [-0.4, -0.2) is 60.0 Å². The molecule has 0 radical (unpaired) electrons. The first-order chi connectivity index (χ1) is 14.5. The van der Waals surface area contributed by atoms with Crippen molar-refractivity contribution in [3.05, 3.63) is 46.4 Å². The van der Waals surface area contributed by atoms with Crippen LogP contribution < -0.4 is 9.80 Å². The average Bonchev–Trinajstić information content (AvgIpc) is 2.76. The lowest BCUT2D eigenvalue weighted by molar-refractivity contribution is -0.130. The Morgan fingerprint density at radius 2 is 1.77 bits per heavy atom. The summed E-state index contributed by atoms with van der Waals surface area (Å²) in [5.74, 6) is 1.17. The van der Waals surface area contributed by atoms with Gasteiger partial charge in [0.2, 0.25) is 11.9 Å². The van der Waals surface area contributed by atoms with Crippen molar-refractivity contribution in [2.75, 3.05) is 49.1 Å². The molecule has 4 rings (SSSR count). The number of aryl methyl sites for hydroxylation is 1. The number of anilines is 2. The van der Waals surface area contributed by atoms with Gasteiger partial charge in [0.05, 0.1) is 6.42 Å². The predicted octanol–water partition coefficient (Wildman–Crippen LogP) is 3.46. The van der Waals surface area contributed by atoms with Crippen molar-refractivity contribution in [2.45, 2.75) is 32.6 Å². The number of amides is 1. The highest BCUT2D eigenvalue weighted by atomic mass is 35.5. The summed E-state index contributed by atoms with van der Waals surface area (Å²) in [7, 11) is 0. The number of carbonyl (C=O) groups is 1. The number of piperidine rings is 1. The van der Waals surface area contributed by atoms with Crippen molar-refractivity contribution in [3.63, 3.8) is 0 Å². The number of hydrogen-bond acceptors (Lipinski definition) is 5. The van der Waals surface area contributed by atoms with Crippen LogP contribution in [-0.2, 0) is 11.2 Å². The van der Waals surface area contributed by atoms with E-state index in [2.05, 4.69) is 14.8 Å². The Bertz CT molecular complexity index is 890. The highest BCUT2D eigenvalue weighted by Gasteiger charge is 2.25. The van der Waals surface area contributed by atoms with Gasteiger partial charge in [-0.2, -0.15) is 4.98 Å². The first kappa shape index (κ1) is 20.8.